The number of ether oxygens (including phenoxy) is 1. The molecular formula is C12H18BrNO2S. The van der Waals surface area contributed by atoms with Crippen LogP contribution in [0.2, 0.25) is 0 Å². The van der Waals surface area contributed by atoms with Crippen LogP contribution in [0.3, 0.4) is 0 Å². The number of nitrogens with zero attached hydrogens (tertiary/aromatic N) is 1. The SMILES string of the molecule is COC(=O)C(CN(C)c1ccc(Br)s1)C(C)C. The van der Waals surface area contributed by atoms with Crippen LogP contribution in [0.25, 0.3) is 0 Å². The van der Waals surface area contributed by atoms with Gasteiger partial charge in [-0.3, -0.25) is 4.79 Å². The number of halogens is 1. The van der Waals surface area contributed by atoms with Gasteiger partial charge in [-0.1, -0.05) is 13.8 Å². The maximum atomic E-state index is 11.7. The van der Waals surface area contributed by atoms with E-state index in [1.165, 1.54) is 7.11 Å². The number of carbonyl (C=O) groups excluding carboxylic acids is 1. The quantitative estimate of drug-likeness (QED) is 0.779. The molecule has 0 saturated carbocycles. The third-order valence-corrected chi connectivity index (χ3v) is 4.45. The van der Waals surface area contributed by atoms with Crippen LogP contribution >= 0.6 is 27.3 Å². The van der Waals surface area contributed by atoms with Crippen LogP contribution < -0.4 is 4.90 Å². The van der Waals surface area contributed by atoms with Crippen LogP contribution in [-0.2, 0) is 9.53 Å². The second-order valence-corrected chi connectivity index (χ2v) is 6.77. The van der Waals surface area contributed by atoms with E-state index in [9.17, 15) is 4.79 Å². The minimum Gasteiger partial charge on any atom is -0.469 e. The molecule has 1 unspecified atom stereocenters. The summed E-state index contributed by atoms with van der Waals surface area (Å²) in [7, 11) is 3.44. The lowest BCUT2D eigenvalue weighted by Gasteiger charge is -2.25. The van der Waals surface area contributed by atoms with Gasteiger partial charge in [-0.05, 0) is 34.0 Å². The van der Waals surface area contributed by atoms with Gasteiger partial charge in [0.1, 0.15) is 0 Å². The summed E-state index contributed by atoms with van der Waals surface area (Å²) in [6, 6.07) is 4.06. The fraction of sp³-hybridized carbons (Fsp3) is 0.583. The summed E-state index contributed by atoms with van der Waals surface area (Å²) < 4.78 is 5.94. The first-order valence-corrected chi connectivity index (χ1v) is 7.11. The Balaban J connectivity index is 2.70. The minimum atomic E-state index is -0.137. The van der Waals surface area contributed by atoms with Crippen LogP contribution in [-0.4, -0.2) is 26.7 Å². The lowest BCUT2D eigenvalue weighted by Crippen LogP contribution is -2.34. The van der Waals surface area contributed by atoms with Crippen molar-refractivity contribution in [3.05, 3.63) is 15.9 Å². The van der Waals surface area contributed by atoms with Crippen molar-refractivity contribution in [3.8, 4) is 0 Å². The zero-order valence-corrected chi connectivity index (χ0v) is 13.0. The van der Waals surface area contributed by atoms with E-state index in [1.54, 1.807) is 11.3 Å². The first-order valence-electron chi connectivity index (χ1n) is 5.50. The molecule has 1 atom stereocenters. The lowest BCUT2D eigenvalue weighted by atomic mass is 9.95. The van der Waals surface area contributed by atoms with Gasteiger partial charge in [-0.15, -0.1) is 11.3 Å². The monoisotopic (exact) mass is 319 g/mol. The van der Waals surface area contributed by atoms with Crippen molar-refractivity contribution < 1.29 is 9.53 Å². The van der Waals surface area contributed by atoms with E-state index in [-0.39, 0.29) is 17.8 Å². The molecule has 1 rings (SSSR count). The van der Waals surface area contributed by atoms with Crippen LogP contribution in [0.1, 0.15) is 13.8 Å². The van der Waals surface area contributed by atoms with Gasteiger partial charge in [0, 0.05) is 13.6 Å². The number of esters is 1. The van der Waals surface area contributed by atoms with Crippen molar-refractivity contribution >= 4 is 38.2 Å². The normalized spacial score (nSPS) is 12.6. The highest BCUT2D eigenvalue weighted by atomic mass is 79.9. The van der Waals surface area contributed by atoms with E-state index in [4.69, 9.17) is 4.74 Å². The first kappa shape index (κ1) is 14.5. The smallest absolute Gasteiger partial charge is 0.310 e. The molecule has 96 valence electrons. The molecule has 1 aromatic rings. The van der Waals surface area contributed by atoms with Gasteiger partial charge in [-0.2, -0.15) is 0 Å². The predicted molar refractivity (Wildman–Crippen MR) is 75.6 cm³/mol. The van der Waals surface area contributed by atoms with Crippen LogP contribution in [0, 0.1) is 11.8 Å². The molecular weight excluding hydrogens is 302 g/mol. The molecule has 0 aromatic carbocycles. The Hall–Kier alpha value is -0.550. The Morgan fingerprint density at radius 1 is 1.53 bits per heavy atom. The topological polar surface area (TPSA) is 29.5 Å². The highest BCUT2D eigenvalue weighted by Crippen LogP contribution is 2.30. The summed E-state index contributed by atoms with van der Waals surface area (Å²) in [6.45, 7) is 4.76. The summed E-state index contributed by atoms with van der Waals surface area (Å²) >= 11 is 5.10. The number of carbonyl (C=O) groups is 1. The average Bonchev–Trinajstić information content (AvgIpc) is 2.71. The van der Waals surface area contributed by atoms with Crippen molar-refractivity contribution in [1.82, 2.24) is 0 Å². The predicted octanol–water partition coefficient (Wildman–Crippen LogP) is 3.39. The molecule has 3 nitrogen and oxygen atoms in total. The van der Waals surface area contributed by atoms with E-state index in [0.717, 1.165) is 8.79 Å². The highest BCUT2D eigenvalue weighted by Gasteiger charge is 2.25. The second-order valence-electron chi connectivity index (χ2n) is 4.33. The molecule has 1 aromatic heterocycles. The highest BCUT2D eigenvalue weighted by molar-refractivity contribution is 9.11. The Bertz CT molecular complexity index is 378. The summed E-state index contributed by atoms with van der Waals surface area (Å²) in [6.07, 6.45) is 0. The Labute approximate surface area is 115 Å². The molecule has 0 saturated heterocycles. The molecule has 17 heavy (non-hydrogen) atoms. The first-order chi connectivity index (χ1) is 7.95. The minimum absolute atomic E-state index is 0.0918. The second kappa shape index (κ2) is 6.40. The molecule has 0 N–H and O–H groups in total. The van der Waals surface area contributed by atoms with Crippen LogP contribution in [0.4, 0.5) is 5.00 Å². The van der Waals surface area contributed by atoms with Gasteiger partial charge >= 0.3 is 5.97 Å². The third kappa shape index (κ3) is 4.00. The number of rotatable bonds is 5. The fourth-order valence-corrected chi connectivity index (χ4v) is 2.94. The van der Waals surface area contributed by atoms with E-state index >= 15 is 0 Å². The van der Waals surface area contributed by atoms with E-state index in [2.05, 4.69) is 20.8 Å². The zero-order valence-electron chi connectivity index (χ0n) is 10.6. The van der Waals surface area contributed by atoms with Crippen molar-refractivity contribution in [2.75, 3.05) is 25.6 Å². The Morgan fingerprint density at radius 2 is 2.18 bits per heavy atom. The lowest BCUT2D eigenvalue weighted by molar-refractivity contribution is -0.146. The molecule has 0 aliphatic heterocycles. The maximum absolute atomic E-state index is 11.7. The number of hydrogen-bond donors (Lipinski definition) is 0. The van der Waals surface area contributed by atoms with E-state index in [1.807, 2.05) is 33.0 Å². The van der Waals surface area contributed by atoms with Gasteiger partial charge in [-0.25, -0.2) is 0 Å². The summed E-state index contributed by atoms with van der Waals surface area (Å²) in [4.78, 5) is 13.8. The van der Waals surface area contributed by atoms with Gasteiger partial charge < -0.3 is 9.64 Å². The van der Waals surface area contributed by atoms with Crippen molar-refractivity contribution in [3.63, 3.8) is 0 Å². The number of hydrogen-bond acceptors (Lipinski definition) is 4. The average molecular weight is 320 g/mol. The maximum Gasteiger partial charge on any atom is 0.310 e. The van der Waals surface area contributed by atoms with Gasteiger partial charge in [0.25, 0.3) is 0 Å². The molecule has 0 fully saturated rings. The molecule has 0 radical (unpaired) electrons. The number of anilines is 1. The van der Waals surface area contributed by atoms with Crippen molar-refractivity contribution in [2.45, 2.75) is 13.8 Å². The van der Waals surface area contributed by atoms with E-state index < -0.39 is 0 Å². The Morgan fingerprint density at radius 3 is 2.59 bits per heavy atom. The molecule has 0 aliphatic carbocycles. The molecule has 0 aliphatic rings. The van der Waals surface area contributed by atoms with Crippen LogP contribution in [0.5, 0.6) is 0 Å². The van der Waals surface area contributed by atoms with Gasteiger partial charge in [0.05, 0.1) is 21.8 Å². The third-order valence-electron chi connectivity index (χ3n) is 2.71. The van der Waals surface area contributed by atoms with Crippen molar-refractivity contribution in [1.29, 1.82) is 0 Å². The van der Waals surface area contributed by atoms with Gasteiger partial charge in [0.2, 0.25) is 0 Å². The van der Waals surface area contributed by atoms with E-state index in [0.29, 0.717) is 6.54 Å². The zero-order chi connectivity index (χ0) is 13.0. The number of thiophene rings is 1. The fourth-order valence-electron chi connectivity index (χ4n) is 1.60. The van der Waals surface area contributed by atoms with Crippen molar-refractivity contribution in [2.24, 2.45) is 11.8 Å². The number of methoxy groups -OCH3 is 1. The Kier molecular flexibility index (Phi) is 5.46. The standard InChI is InChI=1S/C12H18BrNO2S/c1-8(2)9(12(15)16-4)7-14(3)11-6-5-10(13)17-11/h5-6,8-9H,7H2,1-4H3. The molecule has 1 heterocycles. The molecule has 0 bridgehead atoms. The summed E-state index contributed by atoms with van der Waals surface area (Å²) in [5.41, 5.74) is 0. The van der Waals surface area contributed by atoms with Gasteiger partial charge in [0.15, 0.2) is 0 Å². The largest absolute Gasteiger partial charge is 0.469 e. The summed E-state index contributed by atoms with van der Waals surface area (Å²) in [5, 5.41) is 1.14. The molecule has 0 spiro atoms. The molecule has 5 heteroatoms. The summed E-state index contributed by atoms with van der Waals surface area (Å²) in [5.74, 6) is 0.0432. The van der Waals surface area contributed by atoms with Crippen LogP contribution in [0.15, 0.2) is 15.9 Å². The molecule has 0 amide bonds.